The average molecular weight is 303 g/mol. The highest BCUT2D eigenvalue weighted by molar-refractivity contribution is 5.43. The third-order valence-corrected chi connectivity index (χ3v) is 3.47. The second kappa shape index (κ2) is 6.66. The normalized spacial score (nSPS) is 11.0. The minimum absolute atomic E-state index is 0.368. The van der Waals surface area contributed by atoms with Crippen LogP contribution in [0.15, 0.2) is 33.7 Å². The number of hydrogen-bond donors (Lipinski definition) is 1. The first-order chi connectivity index (χ1) is 10.4. The van der Waals surface area contributed by atoms with E-state index in [1.165, 1.54) is 11.6 Å². The maximum atomic E-state index is 11.4. The van der Waals surface area contributed by atoms with Crippen LogP contribution in [0.1, 0.15) is 22.5 Å². The molecule has 0 aliphatic heterocycles. The number of methoxy groups -OCH3 is 1. The number of rotatable bonds is 5. The Labute approximate surface area is 129 Å². The van der Waals surface area contributed by atoms with Crippen molar-refractivity contribution in [2.75, 3.05) is 14.2 Å². The highest BCUT2D eigenvalue weighted by atomic mass is 16.5. The molecular formula is C17H21NO4. The van der Waals surface area contributed by atoms with Gasteiger partial charge in [0.1, 0.15) is 17.8 Å². The van der Waals surface area contributed by atoms with Gasteiger partial charge in [-0.1, -0.05) is 12.1 Å². The number of benzene rings is 1. The third-order valence-electron chi connectivity index (χ3n) is 3.47. The lowest BCUT2D eigenvalue weighted by molar-refractivity contribution is 0.280. The van der Waals surface area contributed by atoms with E-state index in [1.54, 1.807) is 7.11 Å². The van der Waals surface area contributed by atoms with E-state index in [-0.39, 0.29) is 5.75 Å². The van der Waals surface area contributed by atoms with Crippen LogP contribution in [0.4, 0.5) is 0 Å². The molecule has 5 nitrogen and oxygen atoms in total. The van der Waals surface area contributed by atoms with E-state index in [2.05, 4.69) is 12.1 Å². The summed E-state index contributed by atoms with van der Waals surface area (Å²) in [5.74, 6) is 1.07. The molecule has 0 atom stereocenters. The first-order valence-corrected chi connectivity index (χ1v) is 7.04. The molecular weight excluding hydrogens is 282 g/mol. The Morgan fingerprint density at radius 1 is 1.18 bits per heavy atom. The first-order valence-electron chi connectivity index (χ1n) is 7.04. The van der Waals surface area contributed by atoms with Gasteiger partial charge in [0.05, 0.1) is 13.7 Å². The van der Waals surface area contributed by atoms with Gasteiger partial charge in [0.2, 0.25) is 5.43 Å². The number of hydrogen-bond acceptors (Lipinski definition) is 5. The molecule has 0 radical (unpaired) electrons. The van der Waals surface area contributed by atoms with Gasteiger partial charge < -0.3 is 14.3 Å². The lowest BCUT2D eigenvalue weighted by Gasteiger charge is -2.18. The summed E-state index contributed by atoms with van der Waals surface area (Å²) in [7, 11) is 3.62. The van der Waals surface area contributed by atoms with E-state index in [0.717, 1.165) is 29.7 Å². The van der Waals surface area contributed by atoms with Crippen molar-refractivity contribution in [1.29, 1.82) is 0 Å². The van der Waals surface area contributed by atoms with Gasteiger partial charge in [-0.2, -0.15) is 0 Å². The Hall–Kier alpha value is -2.27. The number of aromatic hydroxyl groups is 1. The van der Waals surface area contributed by atoms with Crippen LogP contribution in [0.5, 0.6) is 11.5 Å². The van der Waals surface area contributed by atoms with E-state index in [9.17, 15) is 9.90 Å². The summed E-state index contributed by atoms with van der Waals surface area (Å²) in [5.41, 5.74) is 2.94. The zero-order valence-electron chi connectivity index (χ0n) is 13.3. The Morgan fingerprint density at radius 3 is 2.36 bits per heavy atom. The molecule has 0 spiro atoms. The molecule has 2 rings (SSSR count). The quantitative estimate of drug-likeness (QED) is 0.920. The number of nitrogens with zero attached hydrogens (tertiary/aromatic N) is 1. The predicted octanol–water partition coefficient (Wildman–Crippen LogP) is 2.60. The van der Waals surface area contributed by atoms with Gasteiger partial charge in [-0.05, 0) is 37.6 Å². The van der Waals surface area contributed by atoms with Crippen LogP contribution in [-0.4, -0.2) is 24.2 Å². The zero-order chi connectivity index (χ0) is 16.3. The van der Waals surface area contributed by atoms with Crippen LogP contribution in [0.3, 0.4) is 0 Å². The number of aryl methyl sites for hydroxylation is 2. The van der Waals surface area contributed by atoms with Crippen molar-refractivity contribution in [3.05, 3.63) is 57.1 Å². The van der Waals surface area contributed by atoms with E-state index in [4.69, 9.17) is 9.15 Å². The fourth-order valence-corrected chi connectivity index (χ4v) is 2.61. The van der Waals surface area contributed by atoms with Crippen LogP contribution in [0.25, 0.3) is 0 Å². The summed E-state index contributed by atoms with van der Waals surface area (Å²) in [6.45, 7) is 5.25. The summed E-state index contributed by atoms with van der Waals surface area (Å²) >= 11 is 0. The molecule has 0 bridgehead atoms. The fraction of sp³-hybridized carbons (Fsp3) is 0.353. The molecule has 0 aliphatic rings. The molecule has 0 saturated carbocycles. The topological polar surface area (TPSA) is 62.9 Å². The van der Waals surface area contributed by atoms with Gasteiger partial charge in [0, 0.05) is 12.6 Å². The van der Waals surface area contributed by atoms with E-state index in [0.29, 0.717) is 12.3 Å². The standard InChI is InChI=1S/C17H21NO4/c1-11-5-13(6-12(2)17(11)21-4)8-18(3)9-14-7-15(19)16(20)10-22-14/h5-7,10,20H,8-9H2,1-4H3. The SMILES string of the molecule is COc1c(C)cc(CN(C)Cc2cc(=O)c(O)co2)cc1C. The molecule has 1 heterocycles. The Morgan fingerprint density at radius 2 is 1.82 bits per heavy atom. The molecule has 0 fully saturated rings. The fourth-order valence-electron chi connectivity index (χ4n) is 2.61. The summed E-state index contributed by atoms with van der Waals surface area (Å²) in [6, 6.07) is 5.50. The first kappa shape index (κ1) is 16.1. The van der Waals surface area contributed by atoms with Gasteiger partial charge in [0.25, 0.3) is 0 Å². The van der Waals surface area contributed by atoms with Gasteiger partial charge in [0.15, 0.2) is 5.75 Å². The van der Waals surface area contributed by atoms with E-state index in [1.807, 2.05) is 25.8 Å². The minimum Gasteiger partial charge on any atom is -0.502 e. The van der Waals surface area contributed by atoms with Crippen molar-refractivity contribution in [3.63, 3.8) is 0 Å². The van der Waals surface area contributed by atoms with Crippen LogP contribution < -0.4 is 10.2 Å². The molecule has 0 unspecified atom stereocenters. The lowest BCUT2D eigenvalue weighted by Crippen LogP contribution is -2.18. The van der Waals surface area contributed by atoms with Crippen molar-refractivity contribution >= 4 is 0 Å². The highest BCUT2D eigenvalue weighted by Gasteiger charge is 2.09. The Balaban J connectivity index is 2.10. The van der Waals surface area contributed by atoms with Crippen LogP contribution in [-0.2, 0) is 13.1 Å². The van der Waals surface area contributed by atoms with Gasteiger partial charge in [-0.15, -0.1) is 0 Å². The Bertz CT molecular complexity index is 698. The predicted molar refractivity (Wildman–Crippen MR) is 84.3 cm³/mol. The third kappa shape index (κ3) is 3.68. The Kier molecular flexibility index (Phi) is 4.88. The molecule has 5 heteroatoms. The second-order valence-electron chi connectivity index (χ2n) is 5.53. The highest BCUT2D eigenvalue weighted by Crippen LogP contribution is 2.25. The van der Waals surface area contributed by atoms with Crippen molar-refractivity contribution in [1.82, 2.24) is 4.90 Å². The average Bonchev–Trinajstić information content (AvgIpc) is 2.42. The number of ether oxygens (including phenoxy) is 1. The van der Waals surface area contributed by atoms with Gasteiger partial charge in [-0.3, -0.25) is 9.69 Å². The summed E-state index contributed by atoms with van der Waals surface area (Å²) in [6.07, 6.45) is 1.08. The maximum absolute atomic E-state index is 11.4. The molecule has 1 N–H and O–H groups in total. The molecule has 118 valence electrons. The molecule has 1 aromatic carbocycles. The summed E-state index contributed by atoms with van der Waals surface area (Å²) in [4.78, 5) is 13.4. The largest absolute Gasteiger partial charge is 0.502 e. The summed E-state index contributed by atoms with van der Waals surface area (Å²) in [5, 5.41) is 9.19. The molecule has 22 heavy (non-hydrogen) atoms. The molecule has 0 saturated heterocycles. The molecule has 1 aromatic heterocycles. The van der Waals surface area contributed by atoms with Gasteiger partial charge >= 0.3 is 0 Å². The maximum Gasteiger partial charge on any atom is 0.226 e. The van der Waals surface area contributed by atoms with Crippen LogP contribution in [0, 0.1) is 13.8 Å². The second-order valence-corrected chi connectivity index (χ2v) is 5.53. The minimum atomic E-state index is -0.425. The van der Waals surface area contributed by atoms with Crippen molar-refractivity contribution in [2.45, 2.75) is 26.9 Å². The monoisotopic (exact) mass is 303 g/mol. The molecule has 0 amide bonds. The summed E-state index contributed by atoms with van der Waals surface area (Å²) < 4.78 is 10.6. The van der Waals surface area contributed by atoms with Crippen molar-refractivity contribution in [3.8, 4) is 11.5 Å². The van der Waals surface area contributed by atoms with Gasteiger partial charge in [-0.25, -0.2) is 0 Å². The van der Waals surface area contributed by atoms with E-state index < -0.39 is 5.43 Å². The molecule has 2 aromatic rings. The zero-order valence-corrected chi connectivity index (χ0v) is 13.3. The van der Waals surface area contributed by atoms with Crippen LogP contribution in [0.2, 0.25) is 0 Å². The lowest BCUT2D eigenvalue weighted by atomic mass is 10.1. The van der Waals surface area contributed by atoms with Crippen molar-refractivity contribution in [2.24, 2.45) is 0 Å². The van der Waals surface area contributed by atoms with Crippen LogP contribution >= 0.6 is 0 Å². The molecule has 0 aliphatic carbocycles. The van der Waals surface area contributed by atoms with E-state index >= 15 is 0 Å². The van der Waals surface area contributed by atoms with Crippen molar-refractivity contribution < 1.29 is 14.3 Å². The smallest absolute Gasteiger partial charge is 0.226 e.